The second kappa shape index (κ2) is 5.14. The Balaban J connectivity index is 2.98. The highest BCUT2D eigenvalue weighted by molar-refractivity contribution is 5.44. The number of nitrogens with one attached hydrogen (secondary N) is 1. The molecule has 0 heterocycles. The summed E-state index contributed by atoms with van der Waals surface area (Å²) >= 11 is 0. The summed E-state index contributed by atoms with van der Waals surface area (Å²) in [5, 5.41) is 23.1. The van der Waals surface area contributed by atoms with E-state index in [4.69, 9.17) is 6.42 Å². The third kappa shape index (κ3) is 2.72. The zero-order valence-electron chi connectivity index (χ0n) is 8.80. The van der Waals surface area contributed by atoms with Gasteiger partial charge in [0, 0.05) is 23.7 Å². The van der Waals surface area contributed by atoms with Crippen LogP contribution in [0.1, 0.15) is 18.5 Å². The van der Waals surface area contributed by atoms with Crippen LogP contribution < -0.4 is 5.32 Å². The highest BCUT2D eigenvalue weighted by Crippen LogP contribution is 2.27. The van der Waals surface area contributed by atoms with E-state index in [0.29, 0.717) is 12.1 Å². The van der Waals surface area contributed by atoms with Crippen molar-refractivity contribution in [3.05, 3.63) is 33.9 Å². The summed E-state index contributed by atoms with van der Waals surface area (Å²) < 4.78 is 0. The van der Waals surface area contributed by atoms with E-state index < -0.39 is 4.92 Å². The minimum absolute atomic E-state index is 0.0163. The Morgan fingerprint density at radius 1 is 1.69 bits per heavy atom. The maximum atomic E-state index is 10.6. The molecule has 1 rings (SSSR count). The van der Waals surface area contributed by atoms with Crippen molar-refractivity contribution in [2.75, 3.05) is 6.54 Å². The Bertz CT molecular complexity index is 437. The van der Waals surface area contributed by atoms with Gasteiger partial charge in [0.05, 0.1) is 11.5 Å². The van der Waals surface area contributed by atoms with Gasteiger partial charge in [-0.3, -0.25) is 15.4 Å². The van der Waals surface area contributed by atoms with E-state index in [0.717, 1.165) is 0 Å². The van der Waals surface area contributed by atoms with Crippen LogP contribution in [0.15, 0.2) is 18.2 Å². The first kappa shape index (κ1) is 12.0. The molecular formula is C11H12N2O3. The lowest BCUT2D eigenvalue weighted by Crippen LogP contribution is -2.18. The van der Waals surface area contributed by atoms with Gasteiger partial charge in [-0.15, -0.1) is 6.42 Å². The van der Waals surface area contributed by atoms with Crippen molar-refractivity contribution in [2.24, 2.45) is 0 Å². The van der Waals surface area contributed by atoms with Gasteiger partial charge < -0.3 is 5.11 Å². The second-order valence-electron chi connectivity index (χ2n) is 3.31. The van der Waals surface area contributed by atoms with Crippen LogP contribution in [0.4, 0.5) is 5.69 Å². The molecule has 1 atom stereocenters. The molecule has 0 fully saturated rings. The summed E-state index contributed by atoms with van der Waals surface area (Å²) in [5.74, 6) is 2.41. The van der Waals surface area contributed by atoms with Crippen LogP contribution in [0.5, 0.6) is 5.75 Å². The van der Waals surface area contributed by atoms with E-state index in [9.17, 15) is 15.2 Å². The Morgan fingerprint density at radius 3 is 2.94 bits per heavy atom. The molecule has 5 heteroatoms. The Hall–Kier alpha value is -2.06. The molecule has 0 saturated carbocycles. The average molecular weight is 220 g/mol. The lowest BCUT2D eigenvalue weighted by atomic mass is 10.1. The number of rotatable bonds is 4. The molecule has 1 unspecified atom stereocenters. The lowest BCUT2D eigenvalue weighted by molar-refractivity contribution is -0.385. The third-order valence-corrected chi connectivity index (χ3v) is 2.20. The van der Waals surface area contributed by atoms with E-state index >= 15 is 0 Å². The predicted octanol–water partition coefficient (Wildman–Crippen LogP) is 1.58. The minimum Gasteiger partial charge on any atom is -0.508 e. The molecule has 5 nitrogen and oxygen atoms in total. The molecular weight excluding hydrogens is 208 g/mol. The first-order valence-corrected chi connectivity index (χ1v) is 4.70. The summed E-state index contributed by atoms with van der Waals surface area (Å²) in [6.07, 6.45) is 5.09. The van der Waals surface area contributed by atoms with Crippen molar-refractivity contribution in [3.8, 4) is 18.1 Å². The number of phenolic OH excluding ortho intramolecular Hbond substituents is 1. The Morgan fingerprint density at radius 2 is 2.38 bits per heavy atom. The SMILES string of the molecule is C#CCNC(C)c1cc([N+](=O)[O-])ccc1O. The molecule has 0 saturated heterocycles. The second-order valence-corrected chi connectivity index (χ2v) is 3.31. The minimum atomic E-state index is -0.503. The zero-order valence-corrected chi connectivity index (χ0v) is 8.80. The van der Waals surface area contributed by atoms with Crippen LogP contribution in [0.25, 0.3) is 0 Å². The van der Waals surface area contributed by atoms with Gasteiger partial charge >= 0.3 is 0 Å². The van der Waals surface area contributed by atoms with E-state index in [1.165, 1.54) is 18.2 Å². The fraction of sp³-hybridized carbons (Fsp3) is 0.273. The number of terminal acetylenes is 1. The van der Waals surface area contributed by atoms with Gasteiger partial charge in [0.25, 0.3) is 5.69 Å². The van der Waals surface area contributed by atoms with Gasteiger partial charge in [-0.05, 0) is 13.0 Å². The molecule has 1 aromatic carbocycles. The fourth-order valence-corrected chi connectivity index (χ4v) is 1.32. The standard InChI is InChI=1S/C11H12N2O3/c1-3-6-12-8(2)10-7-9(13(15)16)4-5-11(10)14/h1,4-5,7-8,12,14H,6H2,2H3. The highest BCUT2D eigenvalue weighted by Gasteiger charge is 2.14. The number of nitrogens with zero attached hydrogens (tertiary/aromatic N) is 1. The quantitative estimate of drug-likeness (QED) is 0.459. The number of non-ortho nitro benzene ring substituents is 1. The number of benzene rings is 1. The van der Waals surface area contributed by atoms with Crippen molar-refractivity contribution in [3.63, 3.8) is 0 Å². The maximum Gasteiger partial charge on any atom is 0.270 e. The third-order valence-electron chi connectivity index (χ3n) is 2.20. The van der Waals surface area contributed by atoms with Crippen LogP contribution in [0.3, 0.4) is 0 Å². The summed E-state index contributed by atoms with van der Waals surface area (Å²) in [5.41, 5.74) is 0.409. The van der Waals surface area contributed by atoms with E-state index in [1.807, 2.05) is 0 Å². The van der Waals surface area contributed by atoms with Crippen molar-refractivity contribution < 1.29 is 10.0 Å². The average Bonchev–Trinajstić information content (AvgIpc) is 2.26. The summed E-state index contributed by atoms with van der Waals surface area (Å²) in [6, 6.07) is 3.66. The highest BCUT2D eigenvalue weighted by atomic mass is 16.6. The first-order valence-electron chi connectivity index (χ1n) is 4.70. The van der Waals surface area contributed by atoms with Gasteiger partial charge in [-0.2, -0.15) is 0 Å². The fourth-order valence-electron chi connectivity index (χ4n) is 1.32. The molecule has 0 amide bonds. The number of hydrogen-bond donors (Lipinski definition) is 2. The smallest absolute Gasteiger partial charge is 0.270 e. The van der Waals surface area contributed by atoms with Gasteiger partial charge in [-0.25, -0.2) is 0 Å². The molecule has 0 bridgehead atoms. The summed E-state index contributed by atoms with van der Waals surface area (Å²) in [4.78, 5) is 10.1. The molecule has 16 heavy (non-hydrogen) atoms. The molecule has 0 aliphatic rings. The maximum absolute atomic E-state index is 10.6. The summed E-state index contributed by atoms with van der Waals surface area (Å²) in [6.45, 7) is 2.11. The molecule has 84 valence electrons. The molecule has 2 N–H and O–H groups in total. The Kier molecular flexibility index (Phi) is 3.86. The van der Waals surface area contributed by atoms with Crippen LogP contribution in [0, 0.1) is 22.5 Å². The van der Waals surface area contributed by atoms with Gasteiger partial charge in [-0.1, -0.05) is 5.92 Å². The molecule has 0 spiro atoms. The predicted molar refractivity (Wildman–Crippen MR) is 60.0 cm³/mol. The first-order chi connectivity index (χ1) is 7.56. The van der Waals surface area contributed by atoms with Crippen molar-refractivity contribution in [2.45, 2.75) is 13.0 Å². The molecule has 0 aromatic heterocycles. The van der Waals surface area contributed by atoms with Crippen LogP contribution in [-0.2, 0) is 0 Å². The number of nitro groups is 1. The van der Waals surface area contributed by atoms with Gasteiger partial charge in [0.2, 0.25) is 0 Å². The molecule has 0 aliphatic carbocycles. The largest absolute Gasteiger partial charge is 0.508 e. The normalized spacial score (nSPS) is 11.8. The Labute approximate surface area is 93.3 Å². The lowest BCUT2D eigenvalue weighted by Gasteiger charge is -2.13. The van der Waals surface area contributed by atoms with Crippen molar-refractivity contribution in [1.82, 2.24) is 5.32 Å². The zero-order chi connectivity index (χ0) is 12.1. The van der Waals surface area contributed by atoms with Crippen molar-refractivity contribution >= 4 is 5.69 Å². The van der Waals surface area contributed by atoms with Crippen LogP contribution in [0.2, 0.25) is 0 Å². The topological polar surface area (TPSA) is 75.4 Å². The molecule has 1 aromatic rings. The number of hydrogen-bond acceptors (Lipinski definition) is 4. The number of aromatic hydroxyl groups is 1. The van der Waals surface area contributed by atoms with Crippen molar-refractivity contribution in [1.29, 1.82) is 0 Å². The van der Waals surface area contributed by atoms with E-state index in [-0.39, 0.29) is 17.5 Å². The van der Waals surface area contributed by atoms with E-state index in [2.05, 4.69) is 11.2 Å². The van der Waals surface area contributed by atoms with E-state index in [1.54, 1.807) is 6.92 Å². The number of nitro benzene ring substituents is 1. The molecule has 0 aliphatic heterocycles. The van der Waals surface area contributed by atoms with Gasteiger partial charge in [0.1, 0.15) is 5.75 Å². The monoisotopic (exact) mass is 220 g/mol. The molecule has 0 radical (unpaired) electrons. The van der Waals surface area contributed by atoms with Gasteiger partial charge in [0.15, 0.2) is 0 Å². The van der Waals surface area contributed by atoms with Crippen LogP contribution in [-0.4, -0.2) is 16.6 Å². The summed E-state index contributed by atoms with van der Waals surface area (Å²) in [7, 11) is 0. The van der Waals surface area contributed by atoms with Crippen LogP contribution >= 0.6 is 0 Å². The number of phenols is 1.